The Morgan fingerprint density at radius 3 is 3.06 bits per heavy atom. The Kier molecular flexibility index (Phi) is 3.47. The summed E-state index contributed by atoms with van der Waals surface area (Å²) in [4.78, 5) is 12.3. The molecule has 1 aliphatic heterocycles. The summed E-state index contributed by atoms with van der Waals surface area (Å²) in [7, 11) is 0. The maximum atomic E-state index is 12.3. The van der Waals surface area contributed by atoms with E-state index in [4.69, 9.17) is 0 Å². The standard InChI is InChI=1S/C12H20N4O/c1-3-12(5-4-6-13-12)11(17)16-9(2)10-7-14-15-8-10/h7-9,13H,3-6H2,1-2H3,(H,14,15)(H,16,17). The first-order valence-corrected chi connectivity index (χ1v) is 6.22. The van der Waals surface area contributed by atoms with Crippen LogP contribution in [0.3, 0.4) is 0 Å². The number of H-pyrrole nitrogens is 1. The van der Waals surface area contributed by atoms with E-state index in [1.165, 1.54) is 0 Å². The summed E-state index contributed by atoms with van der Waals surface area (Å²) in [6.45, 7) is 4.96. The molecule has 1 fully saturated rings. The predicted octanol–water partition coefficient (Wildman–Crippen LogP) is 1.12. The summed E-state index contributed by atoms with van der Waals surface area (Å²) >= 11 is 0. The molecule has 0 bridgehead atoms. The van der Waals surface area contributed by atoms with Crippen LogP contribution >= 0.6 is 0 Å². The average Bonchev–Trinajstić information content (AvgIpc) is 3.01. The molecule has 0 spiro atoms. The fourth-order valence-corrected chi connectivity index (χ4v) is 2.38. The van der Waals surface area contributed by atoms with Gasteiger partial charge in [-0.3, -0.25) is 9.89 Å². The average molecular weight is 236 g/mol. The highest BCUT2D eigenvalue weighted by Gasteiger charge is 2.39. The number of aromatic amines is 1. The van der Waals surface area contributed by atoms with Gasteiger partial charge in [0.15, 0.2) is 0 Å². The predicted molar refractivity (Wildman–Crippen MR) is 65.4 cm³/mol. The lowest BCUT2D eigenvalue weighted by molar-refractivity contribution is -0.128. The fourth-order valence-electron chi connectivity index (χ4n) is 2.38. The van der Waals surface area contributed by atoms with E-state index in [2.05, 4.69) is 27.8 Å². The third-order valence-corrected chi connectivity index (χ3v) is 3.65. The zero-order valence-corrected chi connectivity index (χ0v) is 10.4. The van der Waals surface area contributed by atoms with Crippen LogP contribution in [-0.4, -0.2) is 28.2 Å². The van der Waals surface area contributed by atoms with Gasteiger partial charge in [0.25, 0.3) is 0 Å². The van der Waals surface area contributed by atoms with Crippen molar-refractivity contribution in [2.24, 2.45) is 0 Å². The molecule has 2 unspecified atom stereocenters. The van der Waals surface area contributed by atoms with Crippen molar-refractivity contribution in [3.8, 4) is 0 Å². The van der Waals surface area contributed by atoms with Crippen LogP contribution in [0.5, 0.6) is 0 Å². The van der Waals surface area contributed by atoms with Gasteiger partial charge in [0.05, 0.1) is 17.8 Å². The monoisotopic (exact) mass is 236 g/mol. The minimum absolute atomic E-state index is 0.00734. The van der Waals surface area contributed by atoms with Crippen LogP contribution in [0, 0.1) is 0 Å². The summed E-state index contributed by atoms with van der Waals surface area (Å²) in [5, 5.41) is 13.0. The molecule has 17 heavy (non-hydrogen) atoms. The lowest BCUT2D eigenvalue weighted by Gasteiger charge is -2.28. The van der Waals surface area contributed by atoms with E-state index < -0.39 is 0 Å². The van der Waals surface area contributed by atoms with Gasteiger partial charge in [-0.25, -0.2) is 0 Å². The van der Waals surface area contributed by atoms with E-state index in [-0.39, 0.29) is 17.5 Å². The second-order valence-corrected chi connectivity index (χ2v) is 4.69. The van der Waals surface area contributed by atoms with Crippen LogP contribution in [0.4, 0.5) is 0 Å². The Morgan fingerprint density at radius 2 is 2.53 bits per heavy atom. The molecule has 2 rings (SSSR count). The first-order valence-electron chi connectivity index (χ1n) is 6.22. The van der Waals surface area contributed by atoms with Crippen molar-refractivity contribution in [2.45, 2.75) is 44.7 Å². The third kappa shape index (κ3) is 2.34. The number of carbonyl (C=O) groups is 1. The summed E-state index contributed by atoms with van der Waals surface area (Å²) in [6.07, 6.45) is 6.38. The molecule has 1 aromatic heterocycles. The molecule has 1 saturated heterocycles. The van der Waals surface area contributed by atoms with Crippen molar-refractivity contribution >= 4 is 5.91 Å². The van der Waals surface area contributed by atoms with Gasteiger partial charge in [-0.05, 0) is 32.7 Å². The summed E-state index contributed by atoms with van der Waals surface area (Å²) in [6, 6.07) is -0.00734. The molecule has 5 heteroatoms. The molecule has 1 amide bonds. The zero-order chi connectivity index (χ0) is 12.3. The largest absolute Gasteiger partial charge is 0.348 e. The Bertz CT molecular complexity index is 368. The number of carbonyl (C=O) groups excluding carboxylic acids is 1. The topological polar surface area (TPSA) is 69.8 Å². The van der Waals surface area contributed by atoms with Crippen LogP contribution in [0.1, 0.15) is 44.7 Å². The summed E-state index contributed by atoms with van der Waals surface area (Å²) in [5.74, 6) is 0.103. The number of nitrogens with zero attached hydrogens (tertiary/aromatic N) is 1. The van der Waals surface area contributed by atoms with Crippen LogP contribution in [0.15, 0.2) is 12.4 Å². The Labute approximate surface area is 101 Å². The van der Waals surface area contributed by atoms with E-state index in [0.717, 1.165) is 31.4 Å². The number of amides is 1. The Balaban J connectivity index is 2.01. The molecule has 1 aromatic rings. The molecular formula is C12H20N4O. The maximum absolute atomic E-state index is 12.3. The van der Waals surface area contributed by atoms with Crippen molar-refractivity contribution in [3.05, 3.63) is 18.0 Å². The van der Waals surface area contributed by atoms with Gasteiger partial charge < -0.3 is 10.6 Å². The molecule has 0 saturated carbocycles. The fraction of sp³-hybridized carbons (Fsp3) is 0.667. The molecule has 2 heterocycles. The number of nitrogens with one attached hydrogen (secondary N) is 3. The van der Waals surface area contributed by atoms with Gasteiger partial charge in [0.2, 0.25) is 5.91 Å². The van der Waals surface area contributed by atoms with Crippen LogP contribution < -0.4 is 10.6 Å². The molecule has 3 N–H and O–H groups in total. The summed E-state index contributed by atoms with van der Waals surface area (Å²) in [5.41, 5.74) is 0.639. The van der Waals surface area contributed by atoms with Crippen molar-refractivity contribution in [2.75, 3.05) is 6.54 Å². The van der Waals surface area contributed by atoms with Gasteiger partial charge in [0.1, 0.15) is 0 Å². The zero-order valence-electron chi connectivity index (χ0n) is 10.4. The van der Waals surface area contributed by atoms with E-state index in [1.54, 1.807) is 6.20 Å². The smallest absolute Gasteiger partial charge is 0.240 e. The van der Waals surface area contributed by atoms with Gasteiger partial charge in [-0.1, -0.05) is 6.92 Å². The number of hydrogen-bond acceptors (Lipinski definition) is 3. The minimum atomic E-state index is -0.363. The number of aromatic nitrogens is 2. The second-order valence-electron chi connectivity index (χ2n) is 4.69. The molecule has 5 nitrogen and oxygen atoms in total. The number of hydrogen-bond donors (Lipinski definition) is 3. The minimum Gasteiger partial charge on any atom is -0.348 e. The van der Waals surface area contributed by atoms with Crippen molar-refractivity contribution in [1.29, 1.82) is 0 Å². The first kappa shape index (κ1) is 12.1. The Morgan fingerprint density at radius 1 is 1.71 bits per heavy atom. The van der Waals surface area contributed by atoms with E-state index in [1.807, 2.05) is 13.1 Å². The Hall–Kier alpha value is -1.36. The van der Waals surface area contributed by atoms with Gasteiger partial charge in [-0.2, -0.15) is 5.10 Å². The SMILES string of the molecule is CCC1(C(=O)NC(C)c2cn[nH]c2)CCCN1. The third-order valence-electron chi connectivity index (χ3n) is 3.65. The van der Waals surface area contributed by atoms with Gasteiger partial charge in [-0.15, -0.1) is 0 Å². The highest BCUT2D eigenvalue weighted by molar-refractivity contribution is 5.87. The molecular weight excluding hydrogens is 216 g/mol. The van der Waals surface area contributed by atoms with Gasteiger partial charge >= 0.3 is 0 Å². The van der Waals surface area contributed by atoms with E-state index in [0.29, 0.717) is 0 Å². The number of rotatable bonds is 4. The highest BCUT2D eigenvalue weighted by Crippen LogP contribution is 2.24. The van der Waals surface area contributed by atoms with Crippen molar-refractivity contribution in [3.63, 3.8) is 0 Å². The first-order chi connectivity index (χ1) is 8.18. The molecule has 2 atom stereocenters. The van der Waals surface area contributed by atoms with Crippen molar-refractivity contribution < 1.29 is 4.79 Å². The van der Waals surface area contributed by atoms with E-state index >= 15 is 0 Å². The quantitative estimate of drug-likeness (QED) is 0.733. The molecule has 0 radical (unpaired) electrons. The second kappa shape index (κ2) is 4.87. The van der Waals surface area contributed by atoms with E-state index in [9.17, 15) is 4.79 Å². The van der Waals surface area contributed by atoms with Crippen LogP contribution in [0.2, 0.25) is 0 Å². The molecule has 1 aliphatic rings. The lowest BCUT2D eigenvalue weighted by Crippen LogP contribution is -2.53. The molecule has 0 aliphatic carbocycles. The summed E-state index contributed by atoms with van der Waals surface area (Å²) < 4.78 is 0. The maximum Gasteiger partial charge on any atom is 0.240 e. The van der Waals surface area contributed by atoms with Crippen LogP contribution in [-0.2, 0) is 4.79 Å². The molecule has 0 aromatic carbocycles. The lowest BCUT2D eigenvalue weighted by atomic mass is 9.92. The van der Waals surface area contributed by atoms with Crippen LogP contribution in [0.25, 0.3) is 0 Å². The normalized spacial score (nSPS) is 25.8. The highest BCUT2D eigenvalue weighted by atomic mass is 16.2. The molecule has 94 valence electrons. The van der Waals surface area contributed by atoms with Gasteiger partial charge in [0, 0.05) is 11.8 Å². The van der Waals surface area contributed by atoms with Crippen molar-refractivity contribution in [1.82, 2.24) is 20.8 Å².